The van der Waals surface area contributed by atoms with Gasteiger partial charge in [0.2, 0.25) is 5.91 Å². The van der Waals surface area contributed by atoms with Gasteiger partial charge in [0.05, 0.1) is 4.91 Å². The van der Waals surface area contributed by atoms with E-state index in [1.54, 1.807) is 0 Å². The molecular weight excluding hydrogens is 388 g/mol. The third kappa shape index (κ3) is 4.51. The van der Waals surface area contributed by atoms with E-state index in [-0.39, 0.29) is 18.4 Å². The maximum absolute atomic E-state index is 12.7. The molecule has 2 aromatic rings. The van der Waals surface area contributed by atoms with E-state index in [0.29, 0.717) is 9.23 Å². The highest BCUT2D eigenvalue weighted by atomic mass is 32.2. The third-order valence-electron chi connectivity index (χ3n) is 4.74. The highest BCUT2D eigenvalue weighted by Gasteiger charge is 2.33. The standard InChI is InChI=1S/C22H22N2O2S2/c1-4-16-8-10-17(11-9-16)12-19-21(26)24(22(27)28-19)13-20(25)23-18-7-5-6-14(2)15(18)3/h5-12H,4,13H2,1-3H3,(H,23,25)/b19-12-. The van der Waals surface area contributed by atoms with E-state index < -0.39 is 0 Å². The molecule has 0 radical (unpaired) electrons. The molecule has 0 atom stereocenters. The second-order valence-electron chi connectivity index (χ2n) is 6.66. The number of thiocarbonyl (C=S) groups is 1. The molecule has 0 saturated carbocycles. The van der Waals surface area contributed by atoms with E-state index in [9.17, 15) is 9.59 Å². The summed E-state index contributed by atoms with van der Waals surface area (Å²) >= 11 is 6.56. The van der Waals surface area contributed by atoms with Gasteiger partial charge < -0.3 is 5.32 Å². The number of thioether (sulfide) groups is 1. The number of nitrogens with zero attached hydrogens (tertiary/aromatic N) is 1. The lowest BCUT2D eigenvalue weighted by molar-refractivity contribution is -0.126. The van der Waals surface area contributed by atoms with Crippen LogP contribution in [0.3, 0.4) is 0 Å². The molecule has 1 fully saturated rings. The predicted molar refractivity (Wildman–Crippen MR) is 120 cm³/mol. The molecule has 0 unspecified atom stereocenters. The fraction of sp³-hybridized carbons (Fsp3) is 0.227. The van der Waals surface area contributed by atoms with Crippen molar-refractivity contribution in [3.63, 3.8) is 0 Å². The fourth-order valence-corrected chi connectivity index (χ4v) is 4.11. The average molecular weight is 411 g/mol. The molecule has 1 saturated heterocycles. The Labute approximate surface area is 175 Å². The van der Waals surface area contributed by atoms with Crippen molar-refractivity contribution in [2.24, 2.45) is 0 Å². The van der Waals surface area contributed by atoms with Gasteiger partial charge >= 0.3 is 0 Å². The van der Waals surface area contributed by atoms with Crippen LogP contribution < -0.4 is 5.32 Å². The topological polar surface area (TPSA) is 49.4 Å². The summed E-state index contributed by atoms with van der Waals surface area (Å²) in [5.41, 5.74) is 5.05. The van der Waals surface area contributed by atoms with E-state index >= 15 is 0 Å². The Morgan fingerprint density at radius 3 is 2.57 bits per heavy atom. The fourth-order valence-electron chi connectivity index (χ4n) is 2.86. The highest BCUT2D eigenvalue weighted by Crippen LogP contribution is 2.32. The molecule has 0 spiro atoms. The summed E-state index contributed by atoms with van der Waals surface area (Å²) in [7, 11) is 0. The zero-order chi connectivity index (χ0) is 20.3. The van der Waals surface area contributed by atoms with Gasteiger partial charge in [0.25, 0.3) is 5.91 Å². The van der Waals surface area contributed by atoms with E-state index in [1.807, 2.05) is 62.4 Å². The number of rotatable bonds is 5. The van der Waals surface area contributed by atoms with Crippen molar-refractivity contribution in [3.8, 4) is 0 Å². The molecule has 6 heteroatoms. The molecule has 28 heavy (non-hydrogen) atoms. The molecule has 0 aromatic heterocycles. The summed E-state index contributed by atoms with van der Waals surface area (Å²) in [6, 6.07) is 13.8. The molecule has 1 aliphatic rings. The van der Waals surface area contributed by atoms with Gasteiger partial charge in [0.15, 0.2) is 0 Å². The molecule has 2 amide bonds. The Kier molecular flexibility index (Phi) is 6.31. The van der Waals surface area contributed by atoms with Gasteiger partial charge in [-0.05, 0) is 54.7 Å². The van der Waals surface area contributed by atoms with Crippen LogP contribution in [0.15, 0.2) is 47.4 Å². The van der Waals surface area contributed by atoms with Gasteiger partial charge in [-0.15, -0.1) is 0 Å². The first-order valence-corrected chi connectivity index (χ1v) is 10.3. The summed E-state index contributed by atoms with van der Waals surface area (Å²) in [5, 5.41) is 2.88. The van der Waals surface area contributed by atoms with E-state index in [1.165, 1.54) is 22.2 Å². The van der Waals surface area contributed by atoms with Crippen LogP contribution in [0.25, 0.3) is 6.08 Å². The van der Waals surface area contributed by atoms with E-state index in [4.69, 9.17) is 12.2 Å². The van der Waals surface area contributed by atoms with E-state index in [2.05, 4.69) is 12.2 Å². The molecular formula is C22H22N2O2S2. The zero-order valence-electron chi connectivity index (χ0n) is 16.1. The van der Waals surface area contributed by atoms with Crippen LogP contribution >= 0.6 is 24.0 Å². The average Bonchev–Trinajstić information content (AvgIpc) is 2.93. The Bertz CT molecular complexity index is 965. The number of nitrogens with one attached hydrogen (secondary N) is 1. The molecule has 1 aliphatic heterocycles. The Balaban J connectivity index is 1.70. The molecule has 0 aliphatic carbocycles. The molecule has 1 N–H and O–H groups in total. The molecule has 0 bridgehead atoms. The van der Waals surface area contributed by atoms with Crippen LogP contribution in [0.4, 0.5) is 5.69 Å². The van der Waals surface area contributed by atoms with Crippen molar-refractivity contribution in [2.45, 2.75) is 27.2 Å². The quantitative estimate of drug-likeness (QED) is 0.573. The number of carbonyl (C=O) groups is 2. The number of anilines is 1. The summed E-state index contributed by atoms with van der Waals surface area (Å²) < 4.78 is 0.401. The molecule has 2 aromatic carbocycles. The normalized spacial score (nSPS) is 15.4. The van der Waals surface area contributed by atoms with Gasteiger partial charge in [-0.25, -0.2) is 0 Å². The SMILES string of the molecule is CCc1ccc(/C=C2\SC(=S)N(CC(=O)Nc3cccc(C)c3C)C2=O)cc1. The number of carbonyl (C=O) groups excluding carboxylic acids is 2. The highest BCUT2D eigenvalue weighted by molar-refractivity contribution is 8.26. The second kappa shape index (κ2) is 8.71. The van der Waals surface area contributed by atoms with Gasteiger partial charge in [-0.2, -0.15) is 0 Å². The monoisotopic (exact) mass is 410 g/mol. The van der Waals surface area contributed by atoms with Crippen molar-refractivity contribution in [1.29, 1.82) is 0 Å². The van der Waals surface area contributed by atoms with Crippen molar-refractivity contribution >= 4 is 51.9 Å². The smallest absolute Gasteiger partial charge is 0.266 e. The Morgan fingerprint density at radius 2 is 1.89 bits per heavy atom. The van der Waals surface area contributed by atoms with Crippen LogP contribution in [0.5, 0.6) is 0 Å². The maximum atomic E-state index is 12.7. The lowest BCUT2D eigenvalue weighted by Gasteiger charge is -2.15. The summed E-state index contributed by atoms with van der Waals surface area (Å²) in [6.07, 6.45) is 2.79. The summed E-state index contributed by atoms with van der Waals surface area (Å²) in [6.45, 7) is 5.95. The minimum Gasteiger partial charge on any atom is -0.324 e. The first kappa shape index (κ1) is 20.3. The van der Waals surface area contributed by atoms with Crippen LogP contribution in [0.2, 0.25) is 0 Å². The Morgan fingerprint density at radius 1 is 1.18 bits per heavy atom. The predicted octanol–water partition coefficient (Wildman–Crippen LogP) is 4.71. The zero-order valence-corrected chi connectivity index (χ0v) is 17.7. The second-order valence-corrected chi connectivity index (χ2v) is 8.33. The van der Waals surface area contributed by atoms with Gasteiger partial charge in [0, 0.05) is 5.69 Å². The minimum absolute atomic E-state index is 0.0931. The number of hydrogen-bond donors (Lipinski definition) is 1. The molecule has 4 nitrogen and oxygen atoms in total. The van der Waals surface area contributed by atoms with Gasteiger partial charge in [0.1, 0.15) is 10.9 Å². The maximum Gasteiger partial charge on any atom is 0.266 e. The van der Waals surface area contributed by atoms with Crippen molar-refractivity contribution < 1.29 is 9.59 Å². The van der Waals surface area contributed by atoms with Crippen LogP contribution in [-0.2, 0) is 16.0 Å². The number of benzene rings is 2. The third-order valence-corrected chi connectivity index (χ3v) is 6.12. The molecule has 3 rings (SSSR count). The number of aryl methyl sites for hydroxylation is 2. The van der Waals surface area contributed by atoms with Crippen LogP contribution in [0.1, 0.15) is 29.2 Å². The molecule has 1 heterocycles. The number of amides is 2. The minimum atomic E-state index is -0.265. The Hall–Kier alpha value is -2.44. The van der Waals surface area contributed by atoms with Gasteiger partial charge in [-0.3, -0.25) is 14.5 Å². The van der Waals surface area contributed by atoms with Crippen molar-refractivity contribution in [3.05, 3.63) is 69.6 Å². The number of hydrogen-bond acceptors (Lipinski definition) is 4. The summed E-state index contributed by atoms with van der Waals surface area (Å²) in [4.78, 5) is 27.1. The summed E-state index contributed by atoms with van der Waals surface area (Å²) in [5.74, 6) is -0.496. The first-order valence-electron chi connectivity index (χ1n) is 9.09. The largest absolute Gasteiger partial charge is 0.324 e. The van der Waals surface area contributed by atoms with Crippen LogP contribution in [0, 0.1) is 13.8 Å². The van der Waals surface area contributed by atoms with Crippen LogP contribution in [-0.4, -0.2) is 27.6 Å². The van der Waals surface area contributed by atoms with Crippen molar-refractivity contribution in [2.75, 3.05) is 11.9 Å². The first-order chi connectivity index (χ1) is 13.4. The van der Waals surface area contributed by atoms with Crippen molar-refractivity contribution in [1.82, 2.24) is 4.90 Å². The van der Waals surface area contributed by atoms with E-state index in [0.717, 1.165) is 28.8 Å². The van der Waals surface area contributed by atoms with Gasteiger partial charge in [-0.1, -0.05) is 67.3 Å². The lowest BCUT2D eigenvalue weighted by atomic mass is 10.1. The molecule has 144 valence electrons. The lowest BCUT2D eigenvalue weighted by Crippen LogP contribution is -2.36.